The Labute approximate surface area is 89.0 Å². The van der Waals surface area contributed by atoms with Gasteiger partial charge in [-0.25, -0.2) is 8.42 Å². The van der Waals surface area contributed by atoms with E-state index >= 15 is 0 Å². The van der Waals surface area contributed by atoms with Crippen molar-refractivity contribution in [1.29, 1.82) is 0 Å². The fraction of sp³-hybridized carbons (Fsp3) is 0.750. The minimum absolute atomic E-state index is 0.137. The molecule has 0 saturated carbocycles. The first-order valence-corrected chi connectivity index (χ1v) is 6.65. The summed E-state index contributed by atoms with van der Waals surface area (Å²) in [5.41, 5.74) is 0. The van der Waals surface area contributed by atoms with Crippen LogP contribution in [-0.4, -0.2) is 30.9 Å². The Morgan fingerprint density at radius 1 is 1.47 bits per heavy atom. The van der Waals surface area contributed by atoms with Crippen LogP contribution in [0.4, 0.5) is 0 Å². The lowest BCUT2D eigenvalue weighted by Gasteiger charge is -2.03. The summed E-state index contributed by atoms with van der Waals surface area (Å²) in [5, 5.41) is 6.76. The Hall–Kier alpha value is -0.950. The Morgan fingerprint density at radius 2 is 2.13 bits per heavy atom. The fourth-order valence-electron chi connectivity index (χ4n) is 0.940. The van der Waals surface area contributed by atoms with Gasteiger partial charge in [-0.2, -0.15) is 4.98 Å². The molecule has 0 atom stereocenters. The largest absolute Gasteiger partial charge is 0.338 e. The number of nitrogens with one attached hydrogen (secondary N) is 1. The van der Waals surface area contributed by atoms with Crippen molar-refractivity contribution in [2.45, 2.75) is 32.2 Å². The zero-order valence-corrected chi connectivity index (χ0v) is 9.84. The van der Waals surface area contributed by atoms with Crippen LogP contribution in [0.3, 0.4) is 0 Å². The molecular weight excluding hydrogens is 218 g/mol. The molecule has 15 heavy (non-hydrogen) atoms. The number of sulfone groups is 1. The first-order chi connectivity index (χ1) is 6.87. The predicted molar refractivity (Wildman–Crippen MR) is 54.8 cm³/mol. The maximum Gasteiger partial charge on any atom is 0.241 e. The Bertz CT molecular complexity index is 411. The first kappa shape index (κ1) is 12.1. The van der Waals surface area contributed by atoms with Gasteiger partial charge >= 0.3 is 0 Å². The molecule has 0 aliphatic carbocycles. The van der Waals surface area contributed by atoms with Crippen LogP contribution in [0.5, 0.6) is 0 Å². The van der Waals surface area contributed by atoms with Gasteiger partial charge in [0, 0.05) is 12.3 Å². The third-order valence-electron chi connectivity index (χ3n) is 1.56. The van der Waals surface area contributed by atoms with Crippen LogP contribution in [0.15, 0.2) is 4.52 Å². The van der Waals surface area contributed by atoms with Crippen LogP contribution in [0, 0.1) is 0 Å². The third-order valence-corrected chi connectivity index (χ3v) is 2.34. The van der Waals surface area contributed by atoms with Gasteiger partial charge in [0.05, 0.1) is 6.54 Å². The van der Waals surface area contributed by atoms with E-state index in [9.17, 15) is 8.42 Å². The molecule has 1 aromatic heterocycles. The summed E-state index contributed by atoms with van der Waals surface area (Å²) >= 11 is 0. The molecule has 0 fully saturated rings. The maximum absolute atomic E-state index is 10.9. The summed E-state index contributed by atoms with van der Waals surface area (Å²) in [6, 6.07) is 0.321. The number of aromatic nitrogens is 2. The predicted octanol–water partition coefficient (Wildman–Crippen LogP) is 0.112. The summed E-state index contributed by atoms with van der Waals surface area (Å²) in [4.78, 5) is 3.95. The molecule has 0 aliphatic heterocycles. The highest BCUT2D eigenvalue weighted by atomic mass is 32.2. The molecule has 0 saturated heterocycles. The van der Waals surface area contributed by atoms with E-state index in [0.29, 0.717) is 18.4 Å². The van der Waals surface area contributed by atoms with Crippen molar-refractivity contribution in [1.82, 2.24) is 15.5 Å². The van der Waals surface area contributed by atoms with E-state index in [-0.39, 0.29) is 11.6 Å². The first-order valence-electron chi connectivity index (χ1n) is 4.59. The lowest BCUT2D eigenvalue weighted by atomic mass is 10.4. The summed E-state index contributed by atoms with van der Waals surface area (Å²) in [5.74, 6) is 0.405. The van der Waals surface area contributed by atoms with E-state index in [4.69, 9.17) is 4.52 Å². The Morgan fingerprint density at radius 3 is 2.67 bits per heavy atom. The van der Waals surface area contributed by atoms with Crippen molar-refractivity contribution in [3.05, 3.63) is 11.7 Å². The van der Waals surface area contributed by atoms with E-state index in [2.05, 4.69) is 15.5 Å². The van der Waals surface area contributed by atoms with Crippen molar-refractivity contribution in [2.75, 3.05) is 6.26 Å². The molecule has 0 aromatic carbocycles. The molecule has 86 valence electrons. The van der Waals surface area contributed by atoms with E-state index in [1.165, 1.54) is 0 Å². The number of hydrogen-bond acceptors (Lipinski definition) is 6. The van der Waals surface area contributed by atoms with Gasteiger partial charge in [0.15, 0.2) is 15.7 Å². The van der Waals surface area contributed by atoms with Gasteiger partial charge in [-0.3, -0.25) is 0 Å². The monoisotopic (exact) mass is 233 g/mol. The average Bonchev–Trinajstić information content (AvgIpc) is 2.45. The molecule has 1 heterocycles. The van der Waals surface area contributed by atoms with Gasteiger partial charge in [-0.1, -0.05) is 19.0 Å². The van der Waals surface area contributed by atoms with Crippen LogP contribution in [-0.2, 0) is 22.1 Å². The van der Waals surface area contributed by atoms with E-state index in [1.54, 1.807) is 0 Å². The van der Waals surface area contributed by atoms with Gasteiger partial charge in [-0.15, -0.1) is 0 Å². The molecule has 6 nitrogen and oxygen atoms in total. The molecule has 0 unspecified atom stereocenters. The number of hydrogen-bond donors (Lipinski definition) is 1. The second kappa shape index (κ2) is 4.71. The second-order valence-electron chi connectivity index (χ2n) is 3.71. The standard InChI is InChI=1S/C8H15N3O3S/c1-6(2)9-4-7-10-8(14-11-7)5-15(3,12)13/h6,9H,4-5H2,1-3H3. The molecule has 0 radical (unpaired) electrons. The highest BCUT2D eigenvalue weighted by molar-refractivity contribution is 7.89. The zero-order valence-electron chi connectivity index (χ0n) is 9.02. The van der Waals surface area contributed by atoms with Crippen molar-refractivity contribution in [3.8, 4) is 0 Å². The second-order valence-corrected chi connectivity index (χ2v) is 5.85. The lowest BCUT2D eigenvalue weighted by Crippen LogP contribution is -2.22. The minimum Gasteiger partial charge on any atom is -0.338 e. The Balaban J connectivity index is 2.57. The Kier molecular flexibility index (Phi) is 3.81. The SMILES string of the molecule is CC(C)NCc1noc(CS(C)(=O)=O)n1. The van der Waals surface area contributed by atoms with Crippen LogP contribution in [0.25, 0.3) is 0 Å². The molecule has 1 aromatic rings. The molecule has 0 bridgehead atoms. The summed E-state index contributed by atoms with van der Waals surface area (Å²) in [7, 11) is -3.11. The number of nitrogens with zero attached hydrogens (tertiary/aromatic N) is 2. The molecule has 0 aliphatic rings. The van der Waals surface area contributed by atoms with Crippen LogP contribution < -0.4 is 5.32 Å². The molecule has 0 spiro atoms. The topological polar surface area (TPSA) is 85.1 Å². The lowest BCUT2D eigenvalue weighted by molar-refractivity contribution is 0.380. The van der Waals surface area contributed by atoms with Crippen molar-refractivity contribution in [3.63, 3.8) is 0 Å². The minimum atomic E-state index is -3.11. The smallest absolute Gasteiger partial charge is 0.241 e. The van der Waals surface area contributed by atoms with Crippen molar-refractivity contribution >= 4 is 9.84 Å². The summed E-state index contributed by atoms with van der Waals surface area (Å²) in [6.45, 7) is 4.47. The van der Waals surface area contributed by atoms with Crippen molar-refractivity contribution < 1.29 is 12.9 Å². The van der Waals surface area contributed by atoms with Crippen LogP contribution in [0.2, 0.25) is 0 Å². The van der Waals surface area contributed by atoms with Gasteiger partial charge in [-0.05, 0) is 0 Å². The number of rotatable bonds is 5. The zero-order chi connectivity index (χ0) is 11.5. The summed E-state index contributed by atoms with van der Waals surface area (Å²) < 4.78 is 26.7. The molecule has 0 amide bonds. The molecule has 7 heteroatoms. The highest BCUT2D eigenvalue weighted by Crippen LogP contribution is 2.02. The molecule has 1 N–H and O–H groups in total. The van der Waals surface area contributed by atoms with Gasteiger partial charge in [0.2, 0.25) is 5.89 Å². The highest BCUT2D eigenvalue weighted by Gasteiger charge is 2.12. The van der Waals surface area contributed by atoms with E-state index in [1.807, 2.05) is 13.8 Å². The summed E-state index contributed by atoms with van der Waals surface area (Å²) in [6.07, 6.45) is 1.13. The molecule has 1 rings (SSSR count). The van der Waals surface area contributed by atoms with Gasteiger partial charge in [0.25, 0.3) is 0 Å². The van der Waals surface area contributed by atoms with Crippen LogP contribution >= 0.6 is 0 Å². The van der Waals surface area contributed by atoms with Crippen LogP contribution in [0.1, 0.15) is 25.6 Å². The molecular formula is C8H15N3O3S. The average molecular weight is 233 g/mol. The maximum atomic E-state index is 10.9. The van der Waals surface area contributed by atoms with E-state index < -0.39 is 9.84 Å². The van der Waals surface area contributed by atoms with Gasteiger partial charge in [0.1, 0.15) is 5.75 Å². The quantitative estimate of drug-likeness (QED) is 0.777. The van der Waals surface area contributed by atoms with Crippen molar-refractivity contribution in [2.24, 2.45) is 0 Å². The normalized spacial score (nSPS) is 12.3. The fourth-order valence-corrected chi connectivity index (χ4v) is 1.51. The van der Waals surface area contributed by atoms with E-state index in [0.717, 1.165) is 6.26 Å². The van der Waals surface area contributed by atoms with Gasteiger partial charge < -0.3 is 9.84 Å². The third kappa shape index (κ3) is 4.89.